The molecule has 6 heteroatoms. The summed E-state index contributed by atoms with van der Waals surface area (Å²) in [6, 6.07) is 9.83. The molecule has 0 aromatic heterocycles. The first kappa shape index (κ1) is 16.0. The largest absolute Gasteiger partial charge is 0.342 e. The van der Waals surface area contributed by atoms with Crippen LogP contribution in [0.3, 0.4) is 0 Å². The summed E-state index contributed by atoms with van der Waals surface area (Å²) in [6.45, 7) is 1.73. The molecule has 23 heavy (non-hydrogen) atoms. The Morgan fingerprint density at radius 3 is 2.61 bits per heavy atom. The SMILES string of the molecule is N#CC1CCN(C(=O)C2CCN(c3cccc(Br)c3)C2=O)CC1. The highest BCUT2D eigenvalue weighted by molar-refractivity contribution is 9.10. The first-order chi connectivity index (χ1) is 11.1. The molecular weight excluding hydrogens is 358 g/mol. The highest BCUT2D eigenvalue weighted by atomic mass is 79.9. The Hall–Kier alpha value is -1.87. The molecule has 1 atom stereocenters. The molecule has 0 radical (unpaired) electrons. The third-order valence-corrected chi connectivity index (χ3v) is 5.11. The van der Waals surface area contributed by atoms with Crippen molar-refractivity contribution >= 4 is 33.4 Å². The van der Waals surface area contributed by atoms with E-state index in [0.29, 0.717) is 38.9 Å². The van der Waals surface area contributed by atoms with Gasteiger partial charge in [0.15, 0.2) is 0 Å². The van der Waals surface area contributed by atoms with Gasteiger partial charge in [0.2, 0.25) is 11.8 Å². The number of nitriles is 1. The summed E-state index contributed by atoms with van der Waals surface area (Å²) in [6.07, 6.45) is 1.97. The maximum absolute atomic E-state index is 12.6. The van der Waals surface area contributed by atoms with Gasteiger partial charge in [0.25, 0.3) is 0 Å². The van der Waals surface area contributed by atoms with Gasteiger partial charge in [-0.15, -0.1) is 0 Å². The lowest BCUT2D eigenvalue weighted by Crippen LogP contribution is -2.44. The number of benzene rings is 1. The highest BCUT2D eigenvalue weighted by Gasteiger charge is 2.40. The van der Waals surface area contributed by atoms with Crippen LogP contribution in [-0.2, 0) is 9.59 Å². The summed E-state index contributed by atoms with van der Waals surface area (Å²) in [5.74, 6) is -0.733. The zero-order valence-electron chi connectivity index (χ0n) is 12.7. The Morgan fingerprint density at radius 2 is 1.96 bits per heavy atom. The van der Waals surface area contributed by atoms with Crippen LogP contribution in [-0.4, -0.2) is 36.3 Å². The van der Waals surface area contributed by atoms with Gasteiger partial charge >= 0.3 is 0 Å². The van der Waals surface area contributed by atoms with E-state index in [1.165, 1.54) is 0 Å². The molecule has 2 heterocycles. The standard InChI is InChI=1S/C17H18BrN3O2/c18-13-2-1-3-14(10-13)21-9-6-15(17(21)23)16(22)20-7-4-12(11-19)5-8-20/h1-3,10,12,15H,4-9H2. The summed E-state index contributed by atoms with van der Waals surface area (Å²) in [7, 11) is 0. The molecular formula is C17H18BrN3O2. The molecule has 0 aliphatic carbocycles. The lowest BCUT2D eigenvalue weighted by atomic mass is 9.97. The molecule has 1 aromatic carbocycles. The molecule has 0 bridgehead atoms. The van der Waals surface area contributed by atoms with E-state index >= 15 is 0 Å². The quantitative estimate of drug-likeness (QED) is 0.746. The minimum Gasteiger partial charge on any atom is -0.342 e. The van der Waals surface area contributed by atoms with Gasteiger partial charge < -0.3 is 9.80 Å². The first-order valence-electron chi connectivity index (χ1n) is 7.85. The van der Waals surface area contributed by atoms with Crippen molar-refractivity contribution in [2.75, 3.05) is 24.5 Å². The second kappa shape index (κ2) is 6.71. The van der Waals surface area contributed by atoms with Crippen LogP contribution in [0.4, 0.5) is 5.69 Å². The third-order valence-electron chi connectivity index (χ3n) is 4.61. The Morgan fingerprint density at radius 1 is 1.22 bits per heavy atom. The van der Waals surface area contributed by atoms with E-state index in [4.69, 9.17) is 5.26 Å². The van der Waals surface area contributed by atoms with Gasteiger partial charge in [-0.1, -0.05) is 22.0 Å². The topological polar surface area (TPSA) is 64.4 Å². The minimum atomic E-state index is -0.576. The van der Waals surface area contributed by atoms with Gasteiger partial charge in [-0.3, -0.25) is 9.59 Å². The molecule has 120 valence electrons. The van der Waals surface area contributed by atoms with Gasteiger partial charge in [0, 0.05) is 35.7 Å². The van der Waals surface area contributed by atoms with Crippen molar-refractivity contribution in [3.05, 3.63) is 28.7 Å². The van der Waals surface area contributed by atoms with Crippen LogP contribution >= 0.6 is 15.9 Å². The minimum absolute atomic E-state index is 0.0384. The average molecular weight is 376 g/mol. The van der Waals surface area contributed by atoms with Crippen molar-refractivity contribution in [2.24, 2.45) is 11.8 Å². The number of halogens is 1. The van der Waals surface area contributed by atoms with E-state index in [1.807, 2.05) is 24.3 Å². The predicted molar refractivity (Wildman–Crippen MR) is 89.5 cm³/mol. The summed E-state index contributed by atoms with van der Waals surface area (Å²) >= 11 is 3.41. The molecule has 1 aromatic rings. The van der Waals surface area contributed by atoms with Crippen molar-refractivity contribution in [3.8, 4) is 6.07 Å². The van der Waals surface area contributed by atoms with E-state index in [-0.39, 0.29) is 17.7 Å². The maximum Gasteiger partial charge on any atom is 0.239 e. The fraction of sp³-hybridized carbons (Fsp3) is 0.471. The summed E-state index contributed by atoms with van der Waals surface area (Å²) in [4.78, 5) is 28.7. The van der Waals surface area contributed by atoms with Gasteiger partial charge in [0.1, 0.15) is 5.92 Å². The molecule has 2 fully saturated rings. The van der Waals surface area contributed by atoms with Gasteiger partial charge in [-0.2, -0.15) is 5.26 Å². The molecule has 0 N–H and O–H groups in total. The van der Waals surface area contributed by atoms with Gasteiger partial charge in [0.05, 0.1) is 6.07 Å². The van der Waals surface area contributed by atoms with Crippen molar-refractivity contribution in [2.45, 2.75) is 19.3 Å². The van der Waals surface area contributed by atoms with Crippen molar-refractivity contribution in [1.29, 1.82) is 5.26 Å². The van der Waals surface area contributed by atoms with Crippen molar-refractivity contribution < 1.29 is 9.59 Å². The Bertz CT molecular complexity index is 662. The number of nitrogens with zero attached hydrogens (tertiary/aromatic N) is 3. The molecule has 3 rings (SSSR count). The average Bonchev–Trinajstić information content (AvgIpc) is 2.96. The smallest absolute Gasteiger partial charge is 0.239 e. The number of piperidine rings is 1. The number of carbonyl (C=O) groups is 2. The van der Waals surface area contributed by atoms with E-state index in [2.05, 4.69) is 22.0 Å². The van der Waals surface area contributed by atoms with Gasteiger partial charge in [-0.05, 0) is 37.5 Å². The number of anilines is 1. The van der Waals surface area contributed by atoms with E-state index in [0.717, 1.165) is 10.2 Å². The van der Waals surface area contributed by atoms with Crippen LogP contribution in [0.5, 0.6) is 0 Å². The van der Waals surface area contributed by atoms with E-state index < -0.39 is 5.92 Å². The monoisotopic (exact) mass is 375 g/mol. The molecule has 2 saturated heterocycles. The van der Waals surface area contributed by atoms with Crippen LogP contribution < -0.4 is 4.90 Å². The lowest BCUT2D eigenvalue weighted by Gasteiger charge is -2.30. The number of amides is 2. The van der Waals surface area contributed by atoms with Gasteiger partial charge in [-0.25, -0.2) is 0 Å². The normalized spacial score (nSPS) is 22.3. The fourth-order valence-electron chi connectivity index (χ4n) is 3.26. The van der Waals surface area contributed by atoms with Crippen LogP contribution in [0, 0.1) is 23.2 Å². The zero-order chi connectivity index (χ0) is 16.4. The first-order valence-corrected chi connectivity index (χ1v) is 8.65. The number of carbonyl (C=O) groups excluding carboxylic acids is 2. The number of hydrogen-bond donors (Lipinski definition) is 0. The summed E-state index contributed by atoms with van der Waals surface area (Å²) in [5, 5.41) is 8.93. The lowest BCUT2D eigenvalue weighted by molar-refractivity contribution is -0.140. The van der Waals surface area contributed by atoms with Crippen LogP contribution in [0.1, 0.15) is 19.3 Å². The molecule has 2 aliphatic rings. The maximum atomic E-state index is 12.6. The Balaban J connectivity index is 1.67. The Labute approximate surface area is 144 Å². The van der Waals surface area contributed by atoms with Crippen molar-refractivity contribution in [1.82, 2.24) is 4.90 Å². The molecule has 0 saturated carbocycles. The molecule has 0 spiro atoms. The highest BCUT2D eigenvalue weighted by Crippen LogP contribution is 2.29. The van der Waals surface area contributed by atoms with E-state index in [9.17, 15) is 9.59 Å². The van der Waals surface area contributed by atoms with Crippen molar-refractivity contribution in [3.63, 3.8) is 0 Å². The fourth-order valence-corrected chi connectivity index (χ4v) is 3.65. The van der Waals surface area contributed by atoms with E-state index in [1.54, 1.807) is 9.80 Å². The van der Waals surface area contributed by atoms with Crippen LogP contribution in [0.25, 0.3) is 0 Å². The zero-order valence-corrected chi connectivity index (χ0v) is 14.3. The Kier molecular flexibility index (Phi) is 4.67. The molecule has 2 aliphatic heterocycles. The number of likely N-dealkylation sites (tertiary alicyclic amines) is 1. The number of rotatable bonds is 2. The summed E-state index contributed by atoms with van der Waals surface area (Å²) in [5.41, 5.74) is 0.822. The second-order valence-corrected chi connectivity index (χ2v) is 6.96. The third kappa shape index (κ3) is 3.25. The number of hydrogen-bond acceptors (Lipinski definition) is 3. The second-order valence-electron chi connectivity index (χ2n) is 6.04. The molecule has 5 nitrogen and oxygen atoms in total. The molecule has 2 amide bonds. The summed E-state index contributed by atoms with van der Waals surface area (Å²) < 4.78 is 0.913. The predicted octanol–water partition coefficient (Wildman–Crippen LogP) is 2.56. The molecule has 1 unspecified atom stereocenters. The van der Waals surface area contributed by atoms with Crippen LogP contribution in [0.2, 0.25) is 0 Å². The van der Waals surface area contributed by atoms with Crippen LogP contribution in [0.15, 0.2) is 28.7 Å².